The number of nitrogens with two attached hydrogens (primary N) is 1. The molecule has 2 aromatic rings. The summed E-state index contributed by atoms with van der Waals surface area (Å²) in [6, 6.07) is 7.40. The third kappa shape index (κ3) is 4.22. The van der Waals surface area contributed by atoms with Gasteiger partial charge in [-0.2, -0.15) is 5.10 Å². The molecule has 0 atom stereocenters. The molecule has 1 aromatic heterocycles. The van der Waals surface area contributed by atoms with E-state index in [0.717, 1.165) is 17.8 Å². The lowest BCUT2D eigenvalue weighted by molar-refractivity contribution is 0.0952. The van der Waals surface area contributed by atoms with Crippen LogP contribution in [0.15, 0.2) is 30.5 Å². The number of benzene rings is 1. The molecule has 0 aliphatic heterocycles. The second kappa shape index (κ2) is 8.78. The van der Waals surface area contributed by atoms with E-state index < -0.39 is 0 Å². The Bertz CT molecular complexity index is 628. The van der Waals surface area contributed by atoms with Gasteiger partial charge in [0.25, 0.3) is 5.91 Å². The molecule has 2 rings (SSSR count). The predicted octanol–water partition coefficient (Wildman–Crippen LogP) is 2.59. The summed E-state index contributed by atoms with van der Waals surface area (Å²) in [5.74, 6) is -0.117. The maximum atomic E-state index is 12.2. The Hall–Kier alpha value is -1.56. The molecular formula is C15H20Cl2N4O. The molecule has 0 aliphatic carbocycles. The van der Waals surface area contributed by atoms with Crippen LogP contribution >= 0.6 is 24.0 Å². The molecule has 3 N–H and O–H groups in total. The summed E-state index contributed by atoms with van der Waals surface area (Å²) in [4.78, 5) is 12.2. The van der Waals surface area contributed by atoms with Crippen LogP contribution in [0, 0.1) is 0 Å². The van der Waals surface area contributed by atoms with Gasteiger partial charge in [-0.15, -0.1) is 12.4 Å². The number of amides is 1. The maximum Gasteiger partial charge on any atom is 0.254 e. The smallest absolute Gasteiger partial charge is 0.254 e. The van der Waals surface area contributed by atoms with Gasteiger partial charge in [0.2, 0.25) is 0 Å². The lowest BCUT2D eigenvalue weighted by Crippen LogP contribution is -2.26. The van der Waals surface area contributed by atoms with Crippen molar-refractivity contribution in [1.82, 2.24) is 15.1 Å². The van der Waals surface area contributed by atoms with E-state index in [1.807, 2.05) is 25.1 Å². The quantitative estimate of drug-likeness (QED) is 0.792. The first-order chi connectivity index (χ1) is 10.2. The van der Waals surface area contributed by atoms with Crippen LogP contribution < -0.4 is 11.1 Å². The minimum absolute atomic E-state index is 0. The van der Waals surface area contributed by atoms with Crippen LogP contribution in [0.3, 0.4) is 0 Å². The maximum absolute atomic E-state index is 12.2. The highest BCUT2D eigenvalue weighted by molar-refractivity contribution is 6.30. The number of nitrogens with zero attached hydrogens (tertiary/aromatic N) is 2. The topological polar surface area (TPSA) is 72.9 Å². The highest BCUT2D eigenvalue weighted by atomic mass is 35.5. The largest absolute Gasteiger partial charge is 0.352 e. The van der Waals surface area contributed by atoms with Gasteiger partial charge in [0, 0.05) is 11.6 Å². The molecule has 0 fully saturated rings. The van der Waals surface area contributed by atoms with Crippen LogP contribution in [0.25, 0.3) is 5.69 Å². The lowest BCUT2D eigenvalue weighted by Gasteiger charge is -2.08. The molecule has 0 saturated carbocycles. The molecule has 0 unspecified atom stereocenters. The molecular weight excluding hydrogens is 323 g/mol. The first-order valence-corrected chi connectivity index (χ1v) is 7.36. The minimum atomic E-state index is -0.117. The zero-order valence-corrected chi connectivity index (χ0v) is 14.0. The Kier molecular flexibility index (Phi) is 7.38. The van der Waals surface area contributed by atoms with Crippen molar-refractivity contribution in [3.8, 4) is 5.69 Å². The van der Waals surface area contributed by atoms with Gasteiger partial charge in [0.1, 0.15) is 0 Å². The van der Waals surface area contributed by atoms with Gasteiger partial charge in [0.05, 0.1) is 23.1 Å². The molecule has 1 amide bonds. The molecule has 0 aliphatic rings. The van der Waals surface area contributed by atoms with Crippen LogP contribution in [-0.4, -0.2) is 28.8 Å². The summed E-state index contributed by atoms with van der Waals surface area (Å²) in [7, 11) is 0. The van der Waals surface area contributed by atoms with Crippen LogP contribution in [-0.2, 0) is 6.42 Å². The standard InChI is InChI=1S/C15H19ClN4O.ClH/c1-2-14-13(15(21)18-8-4-7-17)10-19-20(14)12-6-3-5-11(16)9-12;/h3,5-6,9-10H,2,4,7-8,17H2,1H3,(H,18,21);1H. The lowest BCUT2D eigenvalue weighted by atomic mass is 10.2. The van der Waals surface area contributed by atoms with Crippen LogP contribution in [0.1, 0.15) is 29.4 Å². The number of carbonyl (C=O) groups is 1. The van der Waals surface area contributed by atoms with Crippen LogP contribution in [0.5, 0.6) is 0 Å². The van der Waals surface area contributed by atoms with Crippen molar-refractivity contribution >= 4 is 29.9 Å². The molecule has 1 aromatic carbocycles. The summed E-state index contributed by atoms with van der Waals surface area (Å²) in [5.41, 5.74) is 7.73. The van der Waals surface area contributed by atoms with Gasteiger partial charge in [-0.1, -0.05) is 24.6 Å². The first-order valence-electron chi connectivity index (χ1n) is 6.98. The van der Waals surface area contributed by atoms with Crippen molar-refractivity contribution in [3.05, 3.63) is 46.7 Å². The van der Waals surface area contributed by atoms with Gasteiger partial charge in [0.15, 0.2) is 0 Å². The fourth-order valence-corrected chi connectivity index (χ4v) is 2.32. The van der Waals surface area contributed by atoms with Gasteiger partial charge in [-0.25, -0.2) is 4.68 Å². The summed E-state index contributed by atoms with van der Waals surface area (Å²) < 4.78 is 1.75. The second-order valence-electron chi connectivity index (χ2n) is 4.65. The van der Waals surface area contributed by atoms with Gasteiger partial charge in [-0.05, 0) is 37.6 Å². The van der Waals surface area contributed by atoms with E-state index in [4.69, 9.17) is 17.3 Å². The van der Waals surface area contributed by atoms with E-state index in [1.165, 1.54) is 0 Å². The van der Waals surface area contributed by atoms with E-state index in [2.05, 4.69) is 10.4 Å². The average Bonchev–Trinajstić information content (AvgIpc) is 2.91. The van der Waals surface area contributed by atoms with Gasteiger partial charge in [-0.3, -0.25) is 4.79 Å². The normalized spacial score (nSPS) is 10.1. The highest BCUT2D eigenvalue weighted by Crippen LogP contribution is 2.19. The summed E-state index contributed by atoms with van der Waals surface area (Å²) >= 11 is 6.01. The van der Waals surface area contributed by atoms with E-state index in [-0.39, 0.29) is 18.3 Å². The van der Waals surface area contributed by atoms with Crippen molar-refractivity contribution in [2.24, 2.45) is 5.73 Å². The molecule has 120 valence electrons. The zero-order chi connectivity index (χ0) is 15.2. The molecule has 0 spiro atoms. The van der Waals surface area contributed by atoms with Crippen molar-refractivity contribution in [2.45, 2.75) is 19.8 Å². The Labute approximate surface area is 141 Å². The van der Waals surface area contributed by atoms with Gasteiger partial charge >= 0.3 is 0 Å². The SMILES string of the molecule is CCc1c(C(=O)NCCCN)cnn1-c1cccc(Cl)c1.Cl. The number of hydrogen-bond acceptors (Lipinski definition) is 3. The Balaban J connectivity index is 0.00000242. The monoisotopic (exact) mass is 342 g/mol. The van der Waals surface area contributed by atoms with Crippen LogP contribution in [0.2, 0.25) is 5.02 Å². The molecule has 0 bridgehead atoms. The first kappa shape index (κ1) is 18.5. The number of aromatic nitrogens is 2. The summed E-state index contributed by atoms with van der Waals surface area (Å²) in [5, 5.41) is 7.81. The molecule has 7 heteroatoms. The fraction of sp³-hybridized carbons (Fsp3) is 0.333. The van der Waals surface area contributed by atoms with Crippen molar-refractivity contribution in [3.63, 3.8) is 0 Å². The van der Waals surface area contributed by atoms with E-state index in [9.17, 15) is 4.79 Å². The van der Waals surface area contributed by atoms with E-state index >= 15 is 0 Å². The predicted molar refractivity (Wildman–Crippen MR) is 91.2 cm³/mol. The van der Waals surface area contributed by atoms with E-state index in [1.54, 1.807) is 16.9 Å². The molecule has 0 radical (unpaired) electrons. The number of rotatable bonds is 6. The van der Waals surface area contributed by atoms with Crippen molar-refractivity contribution < 1.29 is 4.79 Å². The van der Waals surface area contributed by atoms with E-state index in [0.29, 0.717) is 30.1 Å². The third-order valence-electron chi connectivity index (χ3n) is 3.17. The zero-order valence-electron chi connectivity index (χ0n) is 12.4. The van der Waals surface area contributed by atoms with Gasteiger partial charge < -0.3 is 11.1 Å². The number of carbonyl (C=O) groups excluding carboxylic acids is 1. The molecule has 22 heavy (non-hydrogen) atoms. The molecule has 0 saturated heterocycles. The summed E-state index contributed by atoms with van der Waals surface area (Å²) in [6.07, 6.45) is 3.05. The highest BCUT2D eigenvalue weighted by Gasteiger charge is 2.16. The summed E-state index contributed by atoms with van der Waals surface area (Å²) in [6.45, 7) is 3.12. The second-order valence-corrected chi connectivity index (χ2v) is 5.08. The number of nitrogens with one attached hydrogen (secondary N) is 1. The minimum Gasteiger partial charge on any atom is -0.352 e. The average molecular weight is 343 g/mol. The molecule has 5 nitrogen and oxygen atoms in total. The third-order valence-corrected chi connectivity index (χ3v) is 3.40. The van der Waals surface area contributed by atoms with Crippen LogP contribution in [0.4, 0.5) is 0 Å². The number of halogens is 2. The Morgan fingerprint density at radius 2 is 2.23 bits per heavy atom. The van der Waals surface area contributed by atoms with Crippen molar-refractivity contribution in [1.29, 1.82) is 0 Å². The number of hydrogen-bond donors (Lipinski definition) is 2. The Morgan fingerprint density at radius 3 is 2.86 bits per heavy atom. The molecule has 1 heterocycles. The Morgan fingerprint density at radius 1 is 1.45 bits per heavy atom. The fourth-order valence-electron chi connectivity index (χ4n) is 2.13. The van der Waals surface area contributed by atoms with Crippen molar-refractivity contribution in [2.75, 3.05) is 13.1 Å².